The maximum absolute atomic E-state index is 10.6. The topological polar surface area (TPSA) is 67.8 Å². The molecule has 2 rings (SSSR count). The highest BCUT2D eigenvalue weighted by Crippen LogP contribution is 2.38. The van der Waals surface area contributed by atoms with Crippen LogP contribution in [-0.4, -0.2) is 24.2 Å². The molecule has 0 aliphatic heterocycles. The summed E-state index contributed by atoms with van der Waals surface area (Å²) in [5, 5.41) is 12.9. The van der Waals surface area contributed by atoms with Crippen LogP contribution in [0.15, 0.2) is 30.3 Å². The van der Waals surface area contributed by atoms with Crippen molar-refractivity contribution >= 4 is 40.8 Å². The number of hydrogen-bond acceptors (Lipinski definition) is 4. The highest BCUT2D eigenvalue weighted by Gasteiger charge is 2.15. The number of carboxylic acid groups (broad SMARTS) is 1. The zero-order valence-corrected chi connectivity index (χ0v) is 16.3. The second kappa shape index (κ2) is 9.88. The number of halogens is 3. The third-order valence-electron chi connectivity index (χ3n) is 3.40. The van der Waals surface area contributed by atoms with E-state index in [9.17, 15) is 4.79 Å². The molecule has 2 aromatic rings. The monoisotopic (exact) mass is 417 g/mol. The van der Waals surface area contributed by atoms with E-state index in [1.165, 1.54) is 0 Å². The zero-order chi connectivity index (χ0) is 19.1. The number of rotatable bonds is 9. The fraction of sp³-hybridized carbons (Fsp3) is 0.278. The van der Waals surface area contributed by atoms with Crippen molar-refractivity contribution in [3.8, 4) is 11.5 Å². The van der Waals surface area contributed by atoms with Gasteiger partial charge in [0.15, 0.2) is 11.5 Å². The Bertz CT molecular complexity index is 763. The highest BCUT2D eigenvalue weighted by atomic mass is 35.5. The summed E-state index contributed by atoms with van der Waals surface area (Å²) in [7, 11) is 0. The third kappa shape index (κ3) is 5.68. The van der Waals surface area contributed by atoms with Gasteiger partial charge in [-0.15, -0.1) is 0 Å². The number of hydrogen-bond donors (Lipinski definition) is 2. The molecule has 0 aromatic heterocycles. The number of carboxylic acids is 1. The molecular formula is C18H18Cl3NO4. The molecule has 0 aliphatic carbocycles. The number of aliphatic carboxylic acids is 1. The van der Waals surface area contributed by atoms with Gasteiger partial charge in [-0.25, -0.2) is 0 Å². The summed E-state index contributed by atoms with van der Waals surface area (Å²) in [5.41, 5.74) is 1.43. The Kier molecular flexibility index (Phi) is 7.85. The predicted octanol–water partition coefficient (Wildman–Crippen LogP) is 4.80. The molecule has 0 aliphatic rings. The van der Waals surface area contributed by atoms with Crippen molar-refractivity contribution in [2.45, 2.75) is 20.1 Å². The predicted molar refractivity (Wildman–Crippen MR) is 103 cm³/mol. The van der Waals surface area contributed by atoms with Crippen LogP contribution in [0.3, 0.4) is 0 Å². The van der Waals surface area contributed by atoms with Gasteiger partial charge in [0, 0.05) is 22.2 Å². The summed E-state index contributed by atoms with van der Waals surface area (Å²) >= 11 is 18.7. The van der Waals surface area contributed by atoms with Gasteiger partial charge in [0.2, 0.25) is 0 Å². The van der Waals surface area contributed by atoms with E-state index >= 15 is 0 Å². The van der Waals surface area contributed by atoms with Crippen LogP contribution in [0.25, 0.3) is 0 Å². The van der Waals surface area contributed by atoms with Crippen molar-refractivity contribution in [2.75, 3.05) is 13.2 Å². The number of carbonyl (C=O) groups is 1. The lowest BCUT2D eigenvalue weighted by molar-refractivity contribution is -0.135. The van der Waals surface area contributed by atoms with Crippen LogP contribution < -0.4 is 14.8 Å². The summed E-state index contributed by atoms with van der Waals surface area (Å²) in [6.07, 6.45) is 0. The lowest BCUT2D eigenvalue weighted by Crippen LogP contribution is -2.21. The summed E-state index contributed by atoms with van der Waals surface area (Å²) in [5.74, 6) is -0.0838. The highest BCUT2D eigenvalue weighted by molar-refractivity contribution is 6.36. The van der Waals surface area contributed by atoms with Gasteiger partial charge in [-0.05, 0) is 36.8 Å². The number of benzene rings is 2. The molecule has 0 heterocycles. The van der Waals surface area contributed by atoms with Crippen LogP contribution in [0.1, 0.15) is 18.1 Å². The van der Waals surface area contributed by atoms with E-state index < -0.39 is 5.97 Å². The lowest BCUT2D eigenvalue weighted by atomic mass is 10.2. The van der Waals surface area contributed by atoms with Gasteiger partial charge in [-0.1, -0.05) is 40.9 Å². The van der Waals surface area contributed by atoms with Gasteiger partial charge >= 0.3 is 5.97 Å². The van der Waals surface area contributed by atoms with Crippen molar-refractivity contribution in [3.63, 3.8) is 0 Å². The van der Waals surface area contributed by atoms with Crippen LogP contribution in [-0.2, 0) is 17.9 Å². The first kappa shape index (κ1) is 20.6. The van der Waals surface area contributed by atoms with Crippen molar-refractivity contribution in [1.82, 2.24) is 5.32 Å². The van der Waals surface area contributed by atoms with Crippen LogP contribution >= 0.6 is 34.8 Å². The zero-order valence-electron chi connectivity index (χ0n) is 14.0. The molecule has 26 heavy (non-hydrogen) atoms. The molecule has 0 saturated carbocycles. The smallest absolute Gasteiger partial charge is 0.317 e. The van der Waals surface area contributed by atoms with Crippen LogP contribution in [0, 0.1) is 0 Å². The van der Waals surface area contributed by atoms with Gasteiger partial charge in [-0.3, -0.25) is 4.79 Å². The Morgan fingerprint density at radius 3 is 2.42 bits per heavy atom. The molecule has 2 aromatic carbocycles. The molecule has 0 saturated heterocycles. The molecule has 0 bridgehead atoms. The van der Waals surface area contributed by atoms with E-state index in [4.69, 9.17) is 49.4 Å². The Balaban J connectivity index is 2.20. The summed E-state index contributed by atoms with van der Waals surface area (Å²) in [6.45, 7) is 2.59. The largest absolute Gasteiger partial charge is 0.490 e. The standard InChI is InChI=1S/C18H18Cl3NO4/c1-2-25-16-7-11(8-22-9-17(23)24)6-15(21)18(16)26-10-12-13(19)4-3-5-14(12)20/h3-7,22H,2,8-10H2,1H3,(H,23,24). The molecule has 2 N–H and O–H groups in total. The van der Waals surface area contributed by atoms with Crippen LogP contribution in [0.4, 0.5) is 0 Å². The van der Waals surface area contributed by atoms with Gasteiger partial charge in [0.1, 0.15) is 6.61 Å². The van der Waals surface area contributed by atoms with Crippen molar-refractivity contribution in [2.24, 2.45) is 0 Å². The van der Waals surface area contributed by atoms with E-state index in [-0.39, 0.29) is 13.2 Å². The maximum atomic E-state index is 10.6. The first-order chi connectivity index (χ1) is 12.4. The van der Waals surface area contributed by atoms with Crippen molar-refractivity contribution in [1.29, 1.82) is 0 Å². The molecule has 0 amide bonds. The Labute approximate surface area is 166 Å². The van der Waals surface area contributed by atoms with Gasteiger partial charge < -0.3 is 19.9 Å². The van der Waals surface area contributed by atoms with Gasteiger partial charge in [0.25, 0.3) is 0 Å². The average Bonchev–Trinajstić information content (AvgIpc) is 2.56. The van der Waals surface area contributed by atoms with E-state index in [1.54, 1.807) is 30.3 Å². The fourth-order valence-electron chi connectivity index (χ4n) is 2.25. The first-order valence-corrected chi connectivity index (χ1v) is 8.99. The number of nitrogens with one attached hydrogen (secondary N) is 1. The Morgan fingerprint density at radius 1 is 1.12 bits per heavy atom. The Hall–Kier alpha value is -1.66. The minimum absolute atomic E-state index is 0.134. The average molecular weight is 419 g/mol. The SMILES string of the molecule is CCOc1cc(CNCC(=O)O)cc(Cl)c1OCc1c(Cl)cccc1Cl. The molecule has 140 valence electrons. The second-order valence-electron chi connectivity index (χ2n) is 5.32. The number of ether oxygens (including phenoxy) is 2. The molecule has 8 heteroatoms. The van der Waals surface area contributed by atoms with E-state index in [0.717, 1.165) is 5.56 Å². The fourth-order valence-corrected chi connectivity index (χ4v) is 3.05. The maximum Gasteiger partial charge on any atom is 0.317 e. The molecule has 5 nitrogen and oxygen atoms in total. The lowest BCUT2D eigenvalue weighted by Gasteiger charge is -2.16. The van der Waals surface area contributed by atoms with Crippen LogP contribution in [0.2, 0.25) is 15.1 Å². The summed E-state index contributed by atoms with van der Waals surface area (Å²) in [6, 6.07) is 8.67. The summed E-state index contributed by atoms with van der Waals surface area (Å²) < 4.78 is 11.4. The van der Waals surface area contributed by atoms with E-state index in [1.807, 2.05) is 6.92 Å². The minimum Gasteiger partial charge on any atom is -0.490 e. The quantitative estimate of drug-likeness (QED) is 0.612. The van der Waals surface area contributed by atoms with Crippen molar-refractivity contribution in [3.05, 3.63) is 56.5 Å². The Morgan fingerprint density at radius 2 is 1.81 bits per heavy atom. The molecule has 0 spiro atoms. The molecular weight excluding hydrogens is 401 g/mol. The molecule has 0 unspecified atom stereocenters. The molecule has 0 fully saturated rings. The molecule has 0 atom stereocenters. The normalized spacial score (nSPS) is 10.6. The van der Waals surface area contributed by atoms with E-state index in [0.29, 0.717) is 45.3 Å². The van der Waals surface area contributed by atoms with Crippen molar-refractivity contribution < 1.29 is 19.4 Å². The second-order valence-corrected chi connectivity index (χ2v) is 6.55. The van der Waals surface area contributed by atoms with Crippen LogP contribution in [0.5, 0.6) is 11.5 Å². The summed E-state index contributed by atoms with van der Waals surface area (Å²) in [4.78, 5) is 10.6. The van der Waals surface area contributed by atoms with Gasteiger partial charge in [0.05, 0.1) is 18.2 Å². The third-order valence-corrected chi connectivity index (χ3v) is 4.39. The molecule has 0 radical (unpaired) electrons. The minimum atomic E-state index is -0.933. The first-order valence-electron chi connectivity index (χ1n) is 7.85. The van der Waals surface area contributed by atoms with E-state index in [2.05, 4.69) is 5.32 Å². The van der Waals surface area contributed by atoms with Gasteiger partial charge in [-0.2, -0.15) is 0 Å².